The average molecular weight is 428 g/mol. The van der Waals surface area contributed by atoms with Gasteiger partial charge in [0.15, 0.2) is 5.96 Å². The van der Waals surface area contributed by atoms with Crippen LogP contribution >= 0.6 is 0 Å². The predicted octanol–water partition coefficient (Wildman–Crippen LogP) is 3.37. The van der Waals surface area contributed by atoms with Gasteiger partial charge in [-0.25, -0.2) is 4.99 Å². The summed E-state index contributed by atoms with van der Waals surface area (Å²) in [5.41, 5.74) is 2.59. The lowest BCUT2D eigenvalue weighted by molar-refractivity contribution is -0.134. The summed E-state index contributed by atoms with van der Waals surface area (Å²) in [5, 5.41) is 6.96. The molecule has 6 heteroatoms. The number of nitrogens with one attached hydrogen (secondary N) is 2. The number of aliphatic imine (C=N–C) groups is 1. The Morgan fingerprint density at radius 2 is 1.90 bits per heavy atom. The molecule has 1 saturated heterocycles. The molecule has 1 unspecified atom stereocenters. The van der Waals surface area contributed by atoms with Crippen LogP contribution in [0.3, 0.4) is 0 Å². The van der Waals surface area contributed by atoms with Crippen LogP contribution in [-0.4, -0.2) is 60.4 Å². The zero-order valence-corrected chi connectivity index (χ0v) is 19.9. The lowest BCUT2D eigenvalue weighted by Crippen LogP contribution is -2.45. The third-order valence-corrected chi connectivity index (χ3v) is 6.72. The molecule has 1 saturated carbocycles. The van der Waals surface area contributed by atoms with Gasteiger partial charge in [-0.3, -0.25) is 9.69 Å². The molecule has 1 heterocycles. The van der Waals surface area contributed by atoms with E-state index in [4.69, 9.17) is 4.99 Å². The van der Waals surface area contributed by atoms with Crippen LogP contribution in [0.2, 0.25) is 0 Å². The Hall–Kier alpha value is -2.08. The van der Waals surface area contributed by atoms with Gasteiger partial charge in [0.05, 0.1) is 6.54 Å². The van der Waals surface area contributed by atoms with Gasteiger partial charge in [0.25, 0.3) is 0 Å². The topological polar surface area (TPSA) is 60.0 Å². The van der Waals surface area contributed by atoms with Crippen molar-refractivity contribution in [3.63, 3.8) is 0 Å². The Morgan fingerprint density at radius 1 is 1.19 bits per heavy atom. The minimum Gasteiger partial charge on any atom is -0.357 e. The highest BCUT2D eigenvalue weighted by atomic mass is 16.2. The molecule has 1 aromatic rings. The summed E-state index contributed by atoms with van der Waals surface area (Å²) in [6.07, 6.45) is 5.54. The molecule has 2 aliphatic rings. The van der Waals surface area contributed by atoms with Crippen LogP contribution < -0.4 is 10.6 Å². The molecule has 2 fully saturated rings. The molecule has 1 aliphatic heterocycles. The molecule has 1 aliphatic carbocycles. The highest BCUT2D eigenvalue weighted by Gasteiger charge is 2.32. The van der Waals surface area contributed by atoms with E-state index in [0.717, 1.165) is 51.4 Å². The van der Waals surface area contributed by atoms with Crippen molar-refractivity contribution in [3.05, 3.63) is 35.4 Å². The van der Waals surface area contributed by atoms with Crippen molar-refractivity contribution in [1.29, 1.82) is 0 Å². The maximum Gasteiger partial charge on any atom is 0.225 e. The standard InChI is InChI=1S/C25H41N5O/c1-5-26-25(27-16-21-12-8-9-13-22(21)17-29(4)19(2)3)28-23-14-15-30(18-23)24(31)20-10-6-7-11-20/h8-9,12-13,19-20,23H,5-7,10-11,14-18H2,1-4H3,(H2,26,27,28). The predicted molar refractivity (Wildman–Crippen MR) is 128 cm³/mol. The summed E-state index contributed by atoms with van der Waals surface area (Å²) < 4.78 is 0. The van der Waals surface area contributed by atoms with Crippen LogP contribution in [0.25, 0.3) is 0 Å². The molecule has 31 heavy (non-hydrogen) atoms. The van der Waals surface area contributed by atoms with Gasteiger partial charge in [-0.15, -0.1) is 0 Å². The van der Waals surface area contributed by atoms with Crippen molar-refractivity contribution in [2.24, 2.45) is 10.9 Å². The van der Waals surface area contributed by atoms with Gasteiger partial charge >= 0.3 is 0 Å². The van der Waals surface area contributed by atoms with Crippen molar-refractivity contribution in [1.82, 2.24) is 20.4 Å². The first-order valence-electron chi connectivity index (χ1n) is 12.1. The second kappa shape index (κ2) is 11.5. The Kier molecular flexibility index (Phi) is 8.76. The van der Waals surface area contributed by atoms with E-state index in [0.29, 0.717) is 18.5 Å². The Labute approximate surface area is 188 Å². The van der Waals surface area contributed by atoms with E-state index in [-0.39, 0.29) is 12.0 Å². The molecular weight excluding hydrogens is 386 g/mol. The number of benzene rings is 1. The molecule has 1 aromatic carbocycles. The Bertz CT molecular complexity index is 741. The maximum absolute atomic E-state index is 12.7. The van der Waals surface area contributed by atoms with Crippen LogP contribution in [-0.2, 0) is 17.9 Å². The monoisotopic (exact) mass is 427 g/mol. The van der Waals surface area contributed by atoms with Crippen LogP contribution in [0, 0.1) is 5.92 Å². The fourth-order valence-electron chi connectivity index (χ4n) is 4.50. The second-order valence-corrected chi connectivity index (χ2v) is 9.37. The lowest BCUT2D eigenvalue weighted by atomic mass is 10.1. The number of hydrogen-bond acceptors (Lipinski definition) is 3. The smallest absolute Gasteiger partial charge is 0.225 e. The number of amides is 1. The van der Waals surface area contributed by atoms with Gasteiger partial charge in [0.1, 0.15) is 0 Å². The summed E-state index contributed by atoms with van der Waals surface area (Å²) in [7, 11) is 2.16. The van der Waals surface area contributed by atoms with Crippen molar-refractivity contribution >= 4 is 11.9 Å². The molecule has 172 valence electrons. The lowest BCUT2D eigenvalue weighted by Gasteiger charge is -2.23. The molecule has 0 radical (unpaired) electrons. The molecule has 0 aromatic heterocycles. The quantitative estimate of drug-likeness (QED) is 0.493. The summed E-state index contributed by atoms with van der Waals surface area (Å²) >= 11 is 0. The SMILES string of the molecule is CCNC(=NCc1ccccc1CN(C)C(C)C)NC1CCN(C(=O)C2CCCC2)C1. The summed E-state index contributed by atoms with van der Waals surface area (Å²) in [5.74, 6) is 1.47. The number of likely N-dealkylation sites (tertiary alicyclic amines) is 1. The molecule has 1 amide bonds. The average Bonchev–Trinajstić information content (AvgIpc) is 3.45. The Balaban J connectivity index is 1.59. The molecule has 1 atom stereocenters. The van der Waals surface area contributed by atoms with Crippen molar-refractivity contribution in [2.75, 3.05) is 26.7 Å². The summed E-state index contributed by atoms with van der Waals surface area (Å²) in [4.78, 5) is 22.0. The molecular formula is C25H41N5O. The largest absolute Gasteiger partial charge is 0.357 e. The van der Waals surface area contributed by atoms with E-state index < -0.39 is 0 Å². The molecule has 2 N–H and O–H groups in total. The van der Waals surface area contributed by atoms with E-state index in [2.05, 4.69) is 72.5 Å². The van der Waals surface area contributed by atoms with E-state index >= 15 is 0 Å². The fourth-order valence-corrected chi connectivity index (χ4v) is 4.50. The normalized spacial score (nSPS) is 20.1. The van der Waals surface area contributed by atoms with Crippen molar-refractivity contribution in [3.8, 4) is 0 Å². The first-order valence-corrected chi connectivity index (χ1v) is 12.1. The van der Waals surface area contributed by atoms with E-state index in [1.54, 1.807) is 0 Å². The number of carbonyl (C=O) groups excluding carboxylic acids is 1. The zero-order chi connectivity index (χ0) is 22.2. The van der Waals surface area contributed by atoms with Crippen LogP contribution in [0.4, 0.5) is 0 Å². The number of hydrogen-bond donors (Lipinski definition) is 2. The molecule has 0 bridgehead atoms. The minimum atomic E-state index is 0.265. The fraction of sp³-hybridized carbons (Fsp3) is 0.680. The minimum absolute atomic E-state index is 0.265. The summed E-state index contributed by atoms with van der Waals surface area (Å²) in [6, 6.07) is 9.35. The van der Waals surface area contributed by atoms with Crippen LogP contribution in [0.1, 0.15) is 64.0 Å². The van der Waals surface area contributed by atoms with Gasteiger partial charge in [0, 0.05) is 44.2 Å². The summed E-state index contributed by atoms with van der Waals surface area (Å²) in [6.45, 7) is 10.6. The highest BCUT2D eigenvalue weighted by Crippen LogP contribution is 2.27. The first-order chi connectivity index (χ1) is 15.0. The van der Waals surface area contributed by atoms with Gasteiger partial charge in [-0.2, -0.15) is 0 Å². The molecule has 6 nitrogen and oxygen atoms in total. The van der Waals surface area contributed by atoms with Crippen molar-refractivity contribution < 1.29 is 4.79 Å². The number of nitrogens with zero attached hydrogens (tertiary/aromatic N) is 3. The molecule has 3 rings (SSSR count). The first kappa shape index (κ1) is 23.6. The van der Waals surface area contributed by atoms with Gasteiger partial charge < -0.3 is 15.5 Å². The zero-order valence-electron chi connectivity index (χ0n) is 19.9. The third-order valence-electron chi connectivity index (χ3n) is 6.72. The van der Waals surface area contributed by atoms with Crippen LogP contribution in [0.5, 0.6) is 0 Å². The number of carbonyl (C=O) groups is 1. The number of guanidine groups is 1. The number of rotatable bonds is 8. The van der Waals surface area contributed by atoms with E-state index in [1.807, 2.05) is 0 Å². The molecule has 0 spiro atoms. The van der Waals surface area contributed by atoms with Gasteiger partial charge in [0.2, 0.25) is 5.91 Å². The van der Waals surface area contributed by atoms with Gasteiger partial charge in [-0.1, -0.05) is 37.1 Å². The van der Waals surface area contributed by atoms with E-state index in [9.17, 15) is 4.79 Å². The van der Waals surface area contributed by atoms with Crippen LogP contribution in [0.15, 0.2) is 29.3 Å². The van der Waals surface area contributed by atoms with Crippen molar-refractivity contribution in [2.45, 2.75) is 78.0 Å². The van der Waals surface area contributed by atoms with Gasteiger partial charge in [-0.05, 0) is 58.2 Å². The third kappa shape index (κ3) is 6.70. The highest BCUT2D eigenvalue weighted by molar-refractivity contribution is 5.81. The Morgan fingerprint density at radius 3 is 2.58 bits per heavy atom. The second-order valence-electron chi connectivity index (χ2n) is 9.37. The van der Waals surface area contributed by atoms with E-state index in [1.165, 1.54) is 24.0 Å². The maximum atomic E-state index is 12.7.